The van der Waals surface area contributed by atoms with Crippen molar-refractivity contribution in [3.05, 3.63) is 88.3 Å². The number of fused-ring (bicyclic) bond motifs is 2. The quantitative estimate of drug-likeness (QED) is 0.621. The van der Waals surface area contributed by atoms with Crippen molar-refractivity contribution < 1.29 is 0 Å². The number of hydrogen-bond acceptors (Lipinski definition) is 3. The number of H-pyrrole nitrogens is 1. The molecule has 2 aromatic carbocycles. The summed E-state index contributed by atoms with van der Waals surface area (Å²) in [7, 11) is 2.03. The van der Waals surface area contributed by atoms with E-state index in [9.17, 15) is 4.79 Å². The number of aromatic nitrogens is 2. The Balaban J connectivity index is 1.61. The van der Waals surface area contributed by atoms with Crippen LogP contribution in [0.15, 0.2) is 71.7 Å². The summed E-state index contributed by atoms with van der Waals surface area (Å²) in [5.41, 5.74) is 3.84. The molecule has 124 valence electrons. The fraction of sp³-hybridized carbons (Fsp3) is 0.143. The molecule has 0 saturated heterocycles. The summed E-state index contributed by atoms with van der Waals surface area (Å²) in [6, 6.07) is 20.0. The Morgan fingerprint density at radius 2 is 1.72 bits per heavy atom. The van der Waals surface area contributed by atoms with Gasteiger partial charge in [0.15, 0.2) is 0 Å². The fourth-order valence-corrected chi connectivity index (χ4v) is 3.24. The van der Waals surface area contributed by atoms with Gasteiger partial charge in [-0.2, -0.15) is 0 Å². The first-order valence-electron chi connectivity index (χ1n) is 8.33. The average molecular weight is 329 g/mol. The summed E-state index contributed by atoms with van der Waals surface area (Å²) in [5.74, 6) is 0. The van der Waals surface area contributed by atoms with E-state index in [1.165, 1.54) is 5.56 Å². The van der Waals surface area contributed by atoms with E-state index in [-0.39, 0.29) is 5.56 Å². The van der Waals surface area contributed by atoms with E-state index in [4.69, 9.17) is 0 Å². The molecule has 2 heterocycles. The monoisotopic (exact) mass is 329 g/mol. The molecule has 0 aliphatic heterocycles. The van der Waals surface area contributed by atoms with Crippen LogP contribution in [-0.2, 0) is 13.1 Å². The zero-order chi connectivity index (χ0) is 17.2. The summed E-state index contributed by atoms with van der Waals surface area (Å²) in [4.78, 5) is 21.9. The lowest BCUT2D eigenvalue weighted by atomic mass is 10.1. The molecular weight excluding hydrogens is 310 g/mol. The largest absolute Gasteiger partial charge is 0.322 e. The molecule has 4 nitrogen and oxygen atoms in total. The molecular formula is C21H19N3O. The Morgan fingerprint density at radius 1 is 0.960 bits per heavy atom. The molecule has 0 radical (unpaired) electrons. The van der Waals surface area contributed by atoms with Crippen molar-refractivity contribution in [3.8, 4) is 0 Å². The predicted molar refractivity (Wildman–Crippen MR) is 101 cm³/mol. The number of benzene rings is 2. The lowest BCUT2D eigenvalue weighted by molar-refractivity contribution is 0.319. The van der Waals surface area contributed by atoms with Crippen molar-refractivity contribution in [1.82, 2.24) is 14.9 Å². The molecule has 4 aromatic rings. The molecule has 0 aliphatic carbocycles. The van der Waals surface area contributed by atoms with Crippen LogP contribution in [0.5, 0.6) is 0 Å². The summed E-state index contributed by atoms with van der Waals surface area (Å²) < 4.78 is 0. The summed E-state index contributed by atoms with van der Waals surface area (Å²) in [6.45, 7) is 1.35. The minimum atomic E-state index is -0.0230. The molecule has 0 spiro atoms. The van der Waals surface area contributed by atoms with E-state index in [0.29, 0.717) is 6.54 Å². The van der Waals surface area contributed by atoms with E-state index < -0.39 is 0 Å². The molecule has 4 rings (SSSR count). The van der Waals surface area contributed by atoms with E-state index in [1.54, 1.807) is 0 Å². The number of aromatic amines is 1. The van der Waals surface area contributed by atoms with Crippen LogP contribution in [0.4, 0.5) is 0 Å². The lowest BCUT2D eigenvalue weighted by Crippen LogP contribution is -2.23. The molecule has 25 heavy (non-hydrogen) atoms. The Bertz CT molecular complexity index is 1100. The molecule has 1 N–H and O–H groups in total. The molecule has 0 fully saturated rings. The van der Waals surface area contributed by atoms with Crippen molar-refractivity contribution in [1.29, 1.82) is 0 Å². The number of pyridine rings is 2. The molecule has 0 unspecified atom stereocenters. The molecule has 0 bridgehead atoms. The highest BCUT2D eigenvalue weighted by molar-refractivity contribution is 5.81. The third-order valence-corrected chi connectivity index (χ3v) is 4.45. The Hall–Kier alpha value is -2.98. The van der Waals surface area contributed by atoms with E-state index in [1.807, 2.05) is 67.8 Å². The molecule has 2 aromatic heterocycles. The van der Waals surface area contributed by atoms with Gasteiger partial charge in [-0.1, -0.05) is 36.4 Å². The van der Waals surface area contributed by atoms with Gasteiger partial charge in [0.25, 0.3) is 5.56 Å². The van der Waals surface area contributed by atoms with Crippen molar-refractivity contribution in [2.45, 2.75) is 13.1 Å². The molecule has 0 atom stereocenters. The van der Waals surface area contributed by atoms with Gasteiger partial charge in [-0.15, -0.1) is 0 Å². The van der Waals surface area contributed by atoms with Gasteiger partial charge in [-0.05, 0) is 42.3 Å². The first-order chi connectivity index (χ1) is 12.2. The van der Waals surface area contributed by atoms with Crippen LogP contribution in [-0.4, -0.2) is 21.9 Å². The fourth-order valence-electron chi connectivity index (χ4n) is 3.24. The zero-order valence-electron chi connectivity index (χ0n) is 14.1. The van der Waals surface area contributed by atoms with Crippen LogP contribution in [0.1, 0.15) is 11.1 Å². The van der Waals surface area contributed by atoms with Crippen LogP contribution in [0, 0.1) is 0 Å². The van der Waals surface area contributed by atoms with Crippen molar-refractivity contribution in [2.24, 2.45) is 0 Å². The molecule has 4 heteroatoms. The normalized spacial score (nSPS) is 11.4. The number of para-hydroxylation sites is 2. The topological polar surface area (TPSA) is 49.0 Å². The predicted octanol–water partition coefficient (Wildman–Crippen LogP) is 3.71. The minimum Gasteiger partial charge on any atom is -0.322 e. The van der Waals surface area contributed by atoms with Crippen LogP contribution >= 0.6 is 0 Å². The average Bonchev–Trinajstić information content (AvgIpc) is 2.63. The van der Waals surface area contributed by atoms with E-state index >= 15 is 0 Å². The van der Waals surface area contributed by atoms with Gasteiger partial charge in [-0.3, -0.25) is 14.7 Å². The van der Waals surface area contributed by atoms with Gasteiger partial charge < -0.3 is 4.98 Å². The second-order valence-corrected chi connectivity index (χ2v) is 6.37. The first-order valence-corrected chi connectivity index (χ1v) is 8.33. The van der Waals surface area contributed by atoms with Gasteiger partial charge in [-0.25, -0.2) is 0 Å². The number of nitrogens with one attached hydrogen (secondary N) is 1. The smallest absolute Gasteiger partial charge is 0.252 e. The van der Waals surface area contributed by atoms with Crippen molar-refractivity contribution in [3.63, 3.8) is 0 Å². The van der Waals surface area contributed by atoms with Crippen LogP contribution in [0.3, 0.4) is 0 Å². The van der Waals surface area contributed by atoms with Gasteiger partial charge in [0.1, 0.15) is 0 Å². The van der Waals surface area contributed by atoms with Gasteiger partial charge in [0.2, 0.25) is 0 Å². The second-order valence-electron chi connectivity index (χ2n) is 6.37. The summed E-state index contributed by atoms with van der Waals surface area (Å²) in [6.07, 6.45) is 1.84. The third kappa shape index (κ3) is 3.16. The number of rotatable bonds is 4. The SMILES string of the molecule is CN(Cc1cc2ccccc2[nH]c1=O)Cc1ccnc2ccccc12. The van der Waals surface area contributed by atoms with E-state index in [2.05, 4.69) is 20.9 Å². The molecule has 0 aliphatic rings. The van der Waals surface area contributed by atoms with Crippen molar-refractivity contribution >= 4 is 21.8 Å². The molecule has 0 saturated carbocycles. The second kappa shape index (κ2) is 6.49. The molecule has 0 amide bonds. The van der Waals surface area contributed by atoms with E-state index in [0.717, 1.165) is 33.9 Å². The standard InChI is InChI=1S/C21H19N3O/c1-24(13-16-10-11-22-20-9-5-3-7-18(16)20)14-17-12-15-6-2-4-8-19(15)23-21(17)25/h2-12H,13-14H2,1H3,(H,23,25). The Morgan fingerprint density at radius 3 is 2.64 bits per heavy atom. The zero-order valence-corrected chi connectivity index (χ0v) is 14.1. The highest BCUT2D eigenvalue weighted by Gasteiger charge is 2.09. The third-order valence-electron chi connectivity index (χ3n) is 4.45. The summed E-state index contributed by atoms with van der Waals surface area (Å²) in [5, 5.41) is 2.21. The van der Waals surface area contributed by atoms with Crippen molar-refractivity contribution in [2.75, 3.05) is 7.05 Å². The van der Waals surface area contributed by atoms with Crippen LogP contribution < -0.4 is 5.56 Å². The highest BCUT2D eigenvalue weighted by Crippen LogP contribution is 2.18. The maximum atomic E-state index is 12.3. The maximum absolute atomic E-state index is 12.3. The van der Waals surface area contributed by atoms with Gasteiger partial charge in [0, 0.05) is 35.8 Å². The lowest BCUT2D eigenvalue weighted by Gasteiger charge is -2.17. The first kappa shape index (κ1) is 15.5. The van der Waals surface area contributed by atoms with Crippen LogP contribution in [0.2, 0.25) is 0 Å². The number of nitrogens with zero attached hydrogens (tertiary/aromatic N) is 2. The minimum absolute atomic E-state index is 0.0230. The highest BCUT2D eigenvalue weighted by atomic mass is 16.1. The Labute approximate surface area is 145 Å². The van der Waals surface area contributed by atoms with Gasteiger partial charge >= 0.3 is 0 Å². The van der Waals surface area contributed by atoms with Gasteiger partial charge in [0.05, 0.1) is 5.52 Å². The Kier molecular flexibility index (Phi) is 4.04. The van der Waals surface area contributed by atoms with Crippen LogP contribution in [0.25, 0.3) is 21.8 Å². The maximum Gasteiger partial charge on any atom is 0.252 e. The summed E-state index contributed by atoms with van der Waals surface area (Å²) >= 11 is 0. The number of hydrogen-bond donors (Lipinski definition) is 1.